The molecule has 0 aromatic heterocycles. The molecule has 1 heterocycles. The van der Waals surface area contributed by atoms with Gasteiger partial charge >= 0.3 is 0 Å². The molecule has 0 saturated heterocycles. The number of fused-ring (bicyclic) bond motifs is 1. The van der Waals surface area contributed by atoms with Crippen LogP contribution < -0.4 is 5.32 Å². The van der Waals surface area contributed by atoms with E-state index in [2.05, 4.69) is 51.2 Å². The first-order valence-corrected chi connectivity index (χ1v) is 6.42. The normalized spacial score (nSPS) is 19.4. The summed E-state index contributed by atoms with van der Waals surface area (Å²) in [5.74, 6) is 1.55. The number of rotatable bonds is 2. The van der Waals surface area contributed by atoms with E-state index in [4.69, 9.17) is 0 Å². The molecule has 2 rings (SSSR count). The monoisotopic (exact) mass is 231 g/mol. The van der Waals surface area contributed by atoms with Gasteiger partial charge in [0.25, 0.3) is 5.91 Å². The van der Waals surface area contributed by atoms with E-state index in [1.165, 1.54) is 11.1 Å². The molecule has 0 spiro atoms. The summed E-state index contributed by atoms with van der Waals surface area (Å²) in [5, 5.41) is 3.00. The zero-order valence-corrected chi connectivity index (χ0v) is 11.1. The smallest absolute Gasteiger partial charge is 0.251 e. The molecule has 1 atom stereocenters. The number of carbonyl (C=O) groups excluding carboxylic acids is 1. The van der Waals surface area contributed by atoms with Crippen molar-refractivity contribution in [1.82, 2.24) is 5.32 Å². The molecule has 1 aromatic carbocycles. The molecule has 2 nitrogen and oxygen atoms in total. The Kier molecular flexibility index (Phi) is 3.23. The van der Waals surface area contributed by atoms with Crippen molar-refractivity contribution in [3.05, 3.63) is 34.9 Å². The van der Waals surface area contributed by atoms with Gasteiger partial charge in [0.1, 0.15) is 0 Å². The van der Waals surface area contributed by atoms with E-state index in [9.17, 15) is 4.79 Å². The first kappa shape index (κ1) is 12.2. The van der Waals surface area contributed by atoms with Crippen LogP contribution in [-0.4, -0.2) is 12.5 Å². The van der Waals surface area contributed by atoms with Gasteiger partial charge in [-0.3, -0.25) is 4.79 Å². The minimum atomic E-state index is 0.0828. The lowest BCUT2D eigenvalue weighted by Crippen LogP contribution is -2.37. The lowest BCUT2D eigenvalue weighted by Gasteiger charge is -2.29. The van der Waals surface area contributed by atoms with Gasteiger partial charge in [0, 0.05) is 18.0 Å². The summed E-state index contributed by atoms with van der Waals surface area (Å²) in [4.78, 5) is 11.9. The molecule has 1 amide bonds. The first-order chi connectivity index (χ1) is 8.00. The standard InChI is InChI=1S/C15H21NO/c1-9(2)11-5-6-12-13(7-11)15(17)16-8-14(12)10(3)4/h5-7,9-10,14H,8H2,1-4H3,(H,16,17). The van der Waals surface area contributed by atoms with Crippen molar-refractivity contribution in [2.75, 3.05) is 6.54 Å². The van der Waals surface area contributed by atoms with Crippen LogP contribution in [0.5, 0.6) is 0 Å². The number of carbonyl (C=O) groups is 1. The number of hydrogen-bond donors (Lipinski definition) is 1. The maximum absolute atomic E-state index is 11.9. The summed E-state index contributed by atoms with van der Waals surface area (Å²) in [5.41, 5.74) is 3.33. The van der Waals surface area contributed by atoms with Crippen LogP contribution in [0.3, 0.4) is 0 Å². The Morgan fingerprint density at radius 2 is 1.94 bits per heavy atom. The fourth-order valence-corrected chi connectivity index (χ4v) is 2.46. The number of benzene rings is 1. The highest BCUT2D eigenvalue weighted by Gasteiger charge is 2.27. The van der Waals surface area contributed by atoms with E-state index in [1.54, 1.807) is 0 Å². The third-order valence-electron chi connectivity index (χ3n) is 3.68. The van der Waals surface area contributed by atoms with E-state index in [1.807, 2.05) is 0 Å². The van der Waals surface area contributed by atoms with Crippen molar-refractivity contribution in [2.45, 2.75) is 39.5 Å². The molecule has 1 aliphatic heterocycles. The molecular weight excluding hydrogens is 210 g/mol. The van der Waals surface area contributed by atoms with Gasteiger partial charge in [-0.25, -0.2) is 0 Å². The van der Waals surface area contributed by atoms with Crippen LogP contribution in [0.2, 0.25) is 0 Å². The molecular formula is C15H21NO. The molecule has 92 valence electrons. The molecule has 1 N–H and O–H groups in total. The zero-order chi connectivity index (χ0) is 12.6. The predicted octanol–water partition coefficient (Wildman–Crippen LogP) is 3.29. The largest absolute Gasteiger partial charge is 0.351 e. The van der Waals surface area contributed by atoms with Crippen LogP contribution in [0.4, 0.5) is 0 Å². The van der Waals surface area contributed by atoms with Crippen LogP contribution >= 0.6 is 0 Å². The van der Waals surface area contributed by atoms with E-state index >= 15 is 0 Å². The third kappa shape index (κ3) is 2.21. The second kappa shape index (κ2) is 4.52. The van der Waals surface area contributed by atoms with E-state index in [0.29, 0.717) is 17.8 Å². The van der Waals surface area contributed by atoms with Crippen LogP contribution in [-0.2, 0) is 0 Å². The molecule has 0 bridgehead atoms. The van der Waals surface area contributed by atoms with Crippen molar-refractivity contribution in [2.24, 2.45) is 5.92 Å². The molecule has 0 aliphatic carbocycles. The first-order valence-electron chi connectivity index (χ1n) is 6.42. The van der Waals surface area contributed by atoms with Gasteiger partial charge in [-0.1, -0.05) is 39.8 Å². The van der Waals surface area contributed by atoms with Crippen molar-refractivity contribution in [3.63, 3.8) is 0 Å². The van der Waals surface area contributed by atoms with Crippen LogP contribution in [0.25, 0.3) is 0 Å². The minimum Gasteiger partial charge on any atom is -0.351 e. The zero-order valence-electron chi connectivity index (χ0n) is 11.1. The highest BCUT2D eigenvalue weighted by atomic mass is 16.1. The van der Waals surface area contributed by atoms with Gasteiger partial charge in [-0.15, -0.1) is 0 Å². The van der Waals surface area contributed by atoms with E-state index in [-0.39, 0.29) is 5.91 Å². The van der Waals surface area contributed by atoms with Gasteiger partial charge in [-0.2, -0.15) is 0 Å². The number of hydrogen-bond acceptors (Lipinski definition) is 1. The summed E-state index contributed by atoms with van der Waals surface area (Å²) >= 11 is 0. The van der Waals surface area contributed by atoms with Crippen LogP contribution in [0, 0.1) is 5.92 Å². The molecule has 0 radical (unpaired) electrons. The Hall–Kier alpha value is -1.31. The predicted molar refractivity (Wildman–Crippen MR) is 70.4 cm³/mol. The Labute approximate surface area is 103 Å². The minimum absolute atomic E-state index is 0.0828. The summed E-state index contributed by atoms with van der Waals surface area (Å²) in [6.45, 7) is 9.50. The highest BCUT2D eigenvalue weighted by molar-refractivity contribution is 5.97. The molecule has 1 unspecified atom stereocenters. The van der Waals surface area contributed by atoms with Crippen molar-refractivity contribution >= 4 is 5.91 Å². The Bertz CT molecular complexity index is 435. The second-order valence-electron chi connectivity index (χ2n) is 5.56. The summed E-state index contributed by atoms with van der Waals surface area (Å²) in [6, 6.07) is 6.37. The maximum Gasteiger partial charge on any atom is 0.251 e. The number of nitrogens with one attached hydrogen (secondary N) is 1. The van der Waals surface area contributed by atoms with Crippen molar-refractivity contribution < 1.29 is 4.79 Å². The highest BCUT2D eigenvalue weighted by Crippen LogP contribution is 2.31. The SMILES string of the molecule is CC(C)c1ccc2c(c1)C(=O)NCC2C(C)C. The lowest BCUT2D eigenvalue weighted by molar-refractivity contribution is 0.0936. The Balaban J connectivity index is 2.48. The molecule has 0 fully saturated rings. The van der Waals surface area contributed by atoms with E-state index < -0.39 is 0 Å². The van der Waals surface area contributed by atoms with Gasteiger partial charge in [-0.05, 0) is 29.0 Å². The summed E-state index contributed by atoms with van der Waals surface area (Å²) in [6.07, 6.45) is 0. The fourth-order valence-electron chi connectivity index (χ4n) is 2.46. The summed E-state index contributed by atoms with van der Waals surface area (Å²) < 4.78 is 0. The average Bonchev–Trinajstić information content (AvgIpc) is 2.28. The lowest BCUT2D eigenvalue weighted by atomic mass is 9.81. The van der Waals surface area contributed by atoms with Crippen molar-refractivity contribution in [1.29, 1.82) is 0 Å². The molecule has 2 heteroatoms. The van der Waals surface area contributed by atoms with E-state index in [0.717, 1.165) is 12.1 Å². The third-order valence-corrected chi connectivity index (χ3v) is 3.68. The van der Waals surface area contributed by atoms with Crippen LogP contribution in [0.15, 0.2) is 18.2 Å². The average molecular weight is 231 g/mol. The quantitative estimate of drug-likeness (QED) is 0.831. The fraction of sp³-hybridized carbons (Fsp3) is 0.533. The molecule has 0 saturated carbocycles. The van der Waals surface area contributed by atoms with Gasteiger partial charge in [0.05, 0.1) is 0 Å². The number of amides is 1. The van der Waals surface area contributed by atoms with Crippen LogP contribution in [0.1, 0.15) is 61.0 Å². The van der Waals surface area contributed by atoms with Crippen molar-refractivity contribution in [3.8, 4) is 0 Å². The van der Waals surface area contributed by atoms with Gasteiger partial charge in [0.15, 0.2) is 0 Å². The molecule has 1 aromatic rings. The second-order valence-corrected chi connectivity index (χ2v) is 5.56. The topological polar surface area (TPSA) is 29.1 Å². The van der Waals surface area contributed by atoms with Gasteiger partial charge < -0.3 is 5.32 Å². The molecule has 1 aliphatic rings. The Morgan fingerprint density at radius 1 is 1.24 bits per heavy atom. The summed E-state index contributed by atoms with van der Waals surface area (Å²) in [7, 11) is 0. The Morgan fingerprint density at radius 3 is 2.53 bits per heavy atom. The van der Waals surface area contributed by atoms with Gasteiger partial charge in [0.2, 0.25) is 0 Å². The maximum atomic E-state index is 11.9. The molecule has 17 heavy (non-hydrogen) atoms.